The summed E-state index contributed by atoms with van der Waals surface area (Å²) in [5, 5.41) is 15.9. The first-order chi connectivity index (χ1) is 15.4. The van der Waals surface area contributed by atoms with Gasteiger partial charge in [0, 0.05) is 23.6 Å². The van der Waals surface area contributed by atoms with E-state index in [0.29, 0.717) is 40.3 Å². The molecular weight excluding hydrogens is 429 g/mol. The Bertz CT molecular complexity index is 1350. The Morgan fingerprint density at radius 1 is 1.16 bits per heavy atom. The summed E-state index contributed by atoms with van der Waals surface area (Å²) in [6.07, 6.45) is 0.193. The molecule has 1 N–H and O–H groups in total. The predicted octanol–water partition coefficient (Wildman–Crippen LogP) is 5.36. The molecule has 0 saturated heterocycles. The molecule has 0 saturated carbocycles. The van der Waals surface area contributed by atoms with Gasteiger partial charge in [-0.05, 0) is 48.4 Å². The van der Waals surface area contributed by atoms with Crippen LogP contribution in [0.1, 0.15) is 34.8 Å². The Labute approximate surface area is 189 Å². The van der Waals surface area contributed by atoms with Crippen LogP contribution < -0.4 is 0 Å². The fraction of sp³-hybridized carbons (Fsp3) is 0.200. The first-order valence-corrected chi connectivity index (χ1v) is 10.8. The summed E-state index contributed by atoms with van der Waals surface area (Å²) < 4.78 is 15.9. The van der Waals surface area contributed by atoms with Crippen LogP contribution >= 0.6 is 11.6 Å². The van der Waals surface area contributed by atoms with Gasteiger partial charge in [0.2, 0.25) is 5.91 Å². The van der Waals surface area contributed by atoms with Gasteiger partial charge >= 0.3 is 0 Å². The number of hydrogen-bond donors (Lipinski definition) is 1. The molecule has 3 aromatic carbocycles. The highest BCUT2D eigenvalue weighted by molar-refractivity contribution is 6.30. The molecular formula is C25H21ClFN3O2. The predicted molar refractivity (Wildman–Crippen MR) is 121 cm³/mol. The number of rotatable bonds is 4. The third kappa shape index (κ3) is 3.41. The molecule has 1 atom stereocenters. The minimum Gasteiger partial charge on any atom is -0.508 e. The molecule has 0 radical (unpaired) electrons. The van der Waals surface area contributed by atoms with Gasteiger partial charge in [0.15, 0.2) is 0 Å². The van der Waals surface area contributed by atoms with Crippen LogP contribution in [0, 0.1) is 12.7 Å². The largest absolute Gasteiger partial charge is 0.508 e. The molecule has 0 spiro atoms. The number of phenols is 1. The number of halogens is 2. The number of fused-ring (bicyclic) bond motifs is 2. The maximum atomic E-state index is 14.2. The van der Waals surface area contributed by atoms with Crippen molar-refractivity contribution in [2.75, 3.05) is 0 Å². The van der Waals surface area contributed by atoms with Crippen molar-refractivity contribution in [1.29, 1.82) is 0 Å². The third-order valence-electron chi connectivity index (χ3n) is 6.05. The quantitative estimate of drug-likeness (QED) is 0.456. The zero-order valence-electron chi connectivity index (χ0n) is 17.4. The molecule has 5 nitrogen and oxygen atoms in total. The standard InChI is InChI=1S/C25H21ClFN3O2/c1-15-24-20(27)7-4-8-21(24)30(28-15)12-11-23(32)29-14-16-5-2-3-6-18(16)25(29)19-13-17(26)9-10-22(19)31/h2-10,13,25,31H,11-12,14H2,1H3. The SMILES string of the molecule is Cc1nn(CCC(=O)N2Cc3ccccc3C2c2cc(Cl)ccc2O)c2cccc(F)c12. The van der Waals surface area contributed by atoms with Crippen LogP contribution in [0.25, 0.3) is 10.9 Å². The van der Waals surface area contributed by atoms with Crippen LogP contribution in [0.15, 0.2) is 60.7 Å². The average Bonchev–Trinajstić information content (AvgIpc) is 3.32. The van der Waals surface area contributed by atoms with Crippen molar-refractivity contribution in [3.8, 4) is 5.75 Å². The summed E-state index contributed by atoms with van der Waals surface area (Å²) in [6.45, 7) is 2.53. The summed E-state index contributed by atoms with van der Waals surface area (Å²) in [5.41, 5.74) is 3.87. The number of aryl methyl sites for hydroxylation is 2. The Hall–Kier alpha value is -3.38. The van der Waals surface area contributed by atoms with E-state index >= 15 is 0 Å². The Balaban J connectivity index is 1.45. The number of nitrogens with zero attached hydrogens (tertiary/aromatic N) is 3. The number of benzene rings is 3. The van der Waals surface area contributed by atoms with Crippen LogP contribution in [0.2, 0.25) is 5.02 Å². The van der Waals surface area contributed by atoms with Gasteiger partial charge in [0.1, 0.15) is 11.6 Å². The van der Waals surface area contributed by atoms with E-state index in [1.807, 2.05) is 24.3 Å². The summed E-state index contributed by atoms with van der Waals surface area (Å²) >= 11 is 6.20. The number of amides is 1. The molecule has 1 aromatic heterocycles. The van der Waals surface area contributed by atoms with Gasteiger partial charge in [-0.1, -0.05) is 41.9 Å². The second-order valence-electron chi connectivity index (χ2n) is 8.02. The van der Waals surface area contributed by atoms with Gasteiger partial charge < -0.3 is 10.0 Å². The molecule has 2 heterocycles. The lowest BCUT2D eigenvalue weighted by atomic mass is 9.97. The van der Waals surface area contributed by atoms with Crippen LogP contribution in [-0.4, -0.2) is 25.7 Å². The van der Waals surface area contributed by atoms with E-state index in [1.54, 1.807) is 46.8 Å². The van der Waals surface area contributed by atoms with E-state index in [-0.39, 0.29) is 23.9 Å². The van der Waals surface area contributed by atoms with Crippen molar-refractivity contribution in [3.05, 3.63) is 93.9 Å². The Morgan fingerprint density at radius 3 is 2.81 bits per heavy atom. The molecule has 1 amide bonds. The van der Waals surface area contributed by atoms with Gasteiger partial charge in [0.25, 0.3) is 0 Å². The Kier molecular flexibility index (Phi) is 5.10. The summed E-state index contributed by atoms with van der Waals surface area (Å²) in [6, 6.07) is 17.1. The molecule has 32 heavy (non-hydrogen) atoms. The number of aromatic hydroxyl groups is 1. The maximum Gasteiger partial charge on any atom is 0.225 e. The first kappa shape index (κ1) is 20.5. The summed E-state index contributed by atoms with van der Waals surface area (Å²) in [4.78, 5) is 15.1. The van der Waals surface area contributed by atoms with Gasteiger partial charge in [-0.25, -0.2) is 4.39 Å². The lowest BCUT2D eigenvalue weighted by molar-refractivity contribution is -0.133. The second kappa shape index (κ2) is 7.95. The monoisotopic (exact) mass is 449 g/mol. The molecule has 0 bridgehead atoms. The highest BCUT2D eigenvalue weighted by atomic mass is 35.5. The third-order valence-corrected chi connectivity index (χ3v) is 6.28. The average molecular weight is 450 g/mol. The molecule has 162 valence electrons. The van der Waals surface area contributed by atoms with Crippen molar-refractivity contribution >= 4 is 28.4 Å². The number of carbonyl (C=O) groups is 1. The van der Waals surface area contributed by atoms with Gasteiger partial charge in [0.05, 0.1) is 29.2 Å². The van der Waals surface area contributed by atoms with Crippen LogP contribution in [-0.2, 0) is 17.9 Å². The fourth-order valence-electron chi connectivity index (χ4n) is 4.59. The van der Waals surface area contributed by atoms with E-state index in [0.717, 1.165) is 11.1 Å². The first-order valence-electron chi connectivity index (χ1n) is 10.4. The van der Waals surface area contributed by atoms with Crippen molar-refractivity contribution in [2.45, 2.75) is 32.5 Å². The Morgan fingerprint density at radius 2 is 1.97 bits per heavy atom. The highest BCUT2D eigenvalue weighted by Gasteiger charge is 2.35. The molecule has 5 rings (SSSR count). The normalized spacial score (nSPS) is 15.3. The molecule has 4 aromatic rings. The number of aromatic nitrogens is 2. The summed E-state index contributed by atoms with van der Waals surface area (Å²) in [7, 11) is 0. The molecule has 1 unspecified atom stereocenters. The molecule has 0 fully saturated rings. The van der Waals surface area contributed by atoms with Crippen molar-refractivity contribution in [3.63, 3.8) is 0 Å². The molecule has 1 aliphatic heterocycles. The van der Waals surface area contributed by atoms with Crippen molar-refractivity contribution < 1.29 is 14.3 Å². The lowest BCUT2D eigenvalue weighted by Crippen LogP contribution is -2.31. The van der Waals surface area contributed by atoms with Crippen LogP contribution in [0.5, 0.6) is 5.75 Å². The van der Waals surface area contributed by atoms with Gasteiger partial charge in [-0.2, -0.15) is 5.10 Å². The number of carbonyl (C=O) groups excluding carboxylic acids is 1. The van der Waals surface area contributed by atoms with E-state index < -0.39 is 6.04 Å². The number of phenolic OH excluding ortho intramolecular Hbond substituents is 1. The molecule has 0 aliphatic carbocycles. The smallest absolute Gasteiger partial charge is 0.225 e. The fourth-order valence-corrected chi connectivity index (χ4v) is 4.77. The number of hydrogen-bond acceptors (Lipinski definition) is 3. The van der Waals surface area contributed by atoms with Crippen molar-refractivity contribution in [1.82, 2.24) is 14.7 Å². The van der Waals surface area contributed by atoms with E-state index in [1.165, 1.54) is 6.07 Å². The van der Waals surface area contributed by atoms with E-state index in [4.69, 9.17) is 11.6 Å². The minimum absolute atomic E-state index is 0.0803. The van der Waals surface area contributed by atoms with E-state index in [2.05, 4.69) is 5.10 Å². The zero-order valence-corrected chi connectivity index (χ0v) is 18.2. The van der Waals surface area contributed by atoms with E-state index in [9.17, 15) is 14.3 Å². The zero-order chi connectivity index (χ0) is 22.4. The second-order valence-corrected chi connectivity index (χ2v) is 8.46. The van der Waals surface area contributed by atoms with Crippen LogP contribution in [0.4, 0.5) is 4.39 Å². The minimum atomic E-state index is -0.425. The topological polar surface area (TPSA) is 58.4 Å². The molecule has 7 heteroatoms. The van der Waals surface area contributed by atoms with Crippen molar-refractivity contribution in [2.24, 2.45) is 0 Å². The summed E-state index contributed by atoms with van der Waals surface area (Å²) in [5.74, 6) is -0.301. The lowest BCUT2D eigenvalue weighted by Gasteiger charge is -2.26. The van der Waals surface area contributed by atoms with Gasteiger partial charge in [-0.15, -0.1) is 0 Å². The highest BCUT2D eigenvalue weighted by Crippen LogP contribution is 2.42. The van der Waals surface area contributed by atoms with Gasteiger partial charge in [-0.3, -0.25) is 9.48 Å². The van der Waals surface area contributed by atoms with Crippen LogP contribution in [0.3, 0.4) is 0 Å². The molecule has 1 aliphatic rings. The maximum absolute atomic E-state index is 14.2.